The fourth-order valence-corrected chi connectivity index (χ4v) is 2.29. The lowest BCUT2D eigenvalue weighted by Crippen LogP contribution is -2.37. The van der Waals surface area contributed by atoms with Crippen molar-refractivity contribution in [3.05, 3.63) is 22.2 Å². The molecule has 0 aromatic heterocycles. The molecule has 0 saturated carbocycles. The highest BCUT2D eigenvalue weighted by molar-refractivity contribution is 9.10. The summed E-state index contributed by atoms with van der Waals surface area (Å²) in [6.45, 7) is 10.2. The normalized spacial score (nSPS) is 11.5. The zero-order valence-corrected chi connectivity index (χ0v) is 14.8. The van der Waals surface area contributed by atoms with E-state index in [1.54, 1.807) is 7.11 Å². The van der Waals surface area contributed by atoms with Gasteiger partial charge in [0, 0.05) is 12.1 Å². The van der Waals surface area contributed by atoms with Crippen LogP contribution in [0.25, 0.3) is 0 Å². The van der Waals surface area contributed by atoms with Crippen LogP contribution in [0, 0.1) is 0 Å². The highest BCUT2D eigenvalue weighted by Gasteiger charge is 2.16. The van der Waals surface area contributed by atoms with Crippen molar-refractivity contribution < 1.29 is 9.47 Å². The SMILES string of the molecule is CCCOc1c(Br)cc(CNC(C)(C)CC)cc1OC. The van der Waals surface area contributed by atoms with E-state index in [4.69, 9.17) is 9.47 Å². The maximum absolute atomic E-state index is 5.74. The molecule has 0 unspecified atom stereocenters. The van der Waals surface area contributed by atoms with E-state index >= 15 is 0 Å². The highest BCUT2D eigenvalue weighted by Crippen LogP contribution is 2.36. The Morgan fingerprint density at radius 2 is 1.95 bits per heavy atom. The van der Waals surface area contributed by atoms with Crippen LogP contribution in [0.15, 0.2) is 16.6 Å². The largest absolute Gasteiger partial charge is 0.493 e. The first-order chi connectivity index (χ1) is 9.43. The summed E-state index contributed by atoms with van der Waals surface area (Å²) in [6.07, 6.45) is 2.06. The van der Waals surface area contributed by atoms with Gasteiger partial charge in [0.1, 0.15) is 0 Å². The molecule has 0 heterocycles. The van der Waals surface area contributed by atoms with E-state index in [1.165, 1.54) is 5.56 Å². The molecule has 4 heteroatoms. The number of nitrogens with one attached hydrogen (secondary N) is 1. The highest BCUT2D eigenvalue weighted by atomic mass is 79.9. The Labute approximate surface area is 131 Å². The molecule has 0 spiro atoms. The van der Waals surface area contributed by atoms with Gasteiger partial charge in [0.25, 0.3) is 0 Å². The van der Waals surface area contributed by atoms with Gasteiger partial charge in [0.2, 0.25) is 0 Å². The third-order valence-electron chi connectivity index (χ3n) is 3.39. The van der Waals surface area contributed by atoms with Crippen molar-refractivity contribution in [2.45, 2.75) is 52.6 Å². The lowest BCUT2D eigenvalue weighted by Gasteiger charge is -2.25. The fourth-order valence-electron chi connectivity index (χ4n) is 1.69. The lowest BCUT2D eigenvalue weighted by atomic mass is 10.0. The van der Waals surface area contributed by atoms with E-state index in [0.29, 0.717) is 6.61 Å². The molecule has 0 aliphatic rings. The molecule has 1 N–H and O–H groups in total. The molecule has 1 aromatic carbocycles. The van der Waals surface area contributed by atoms with Crippen LogP contribution in [-0.2, 0) is 6.54 Å². The topological polar surface area (TPSA) is 30.5 Å². The van der Waals surface area contributed by atoms with Crippen LogP contribution in [0.2, 0.25) is 0 Å². The maximum Gasteiger partial charge on any atom is 0.175 e. The minimum atomic E-state index is 0.136. The minimum Gasteiger partial charge on any atom is -0.493 e. The lowest BCUT2D eigenvalue weighted by molar-refractivity contribution is 0.292. The first kappa shape index (κ1) is 17.3. The molecule has 0 amide bonds. The van der Waals surface area contributed by atoms with Crippen LogP contribution in [0.3, 0.4) is 0 Å². The molecular formula is C16H26BrNO2. The zero-order valence-electron chi connectivity index (χ0n) is 13.2. The second-order valence-electron chi connectivity index (χ2n) is 5.55. The van der Waals surface area contributed by atoms with Crippen molar-refractivity contribution >= 4 is 15.9 Å². The van der Waals surface area contributed by atoms with Gasteiger partial charge in [-0.1, -0.05) is 13.8 Å². The predicted molar refractivity (Wildman–Crippen MR) is 87.7 cm³/mol. The van der Waals surface area contributed by atoms with Gasteiger partial charge < -0.3 is 14.8 Å². The molecule has 114 valence electrons. The van der Waals surface area contributed by atoms with Crippen molar-refractivity contribution in [2.24, 2.45) is 0 Å². The Bertz CT molecular complexity index is 433. The van der Waals surface area contributed by atoms with Gasteiger partial charge in [-0.25, -0.2) is 0 Å². The summed E-state index contributed by atoms with van der Waals surface area (Å²) in [6, 6.07) is 4.13. The molecule has 0 aliphatic carbocycles. The fraction of sp³-hybridized carbons (Fsp3) is 0.625. The summed E-state index contributed by atoms with van der Waals surface area (Å²) in [5, 5.41) is 3.55. The number of halogens is 1. The van der Waals surface area contributed by atoms with Gasteiger partial charge in [-0.3, -0.25) is 0 Å². The minimum absolute atomic E-state index is 0.136. The number of ether oxygens (including phenoxy) is 2. The van der Waals surface area contributed by atoms with Crippen LogP contribution in [0.5, 0.6) is 11.5 Å². The quantitative estimate of drug-likeness (QED) is 0.752. The average molecular weight is 344 g/mol. The van der Waals surface area contributed by atoms with E-state index < -0.39 is 0 Å². The number of benzene rings is 1. The van der Waals surface area contributed by atoms with Gasteiger partial charge in [-0.05, 0) is 60.3 Å². The zero-order chi connectivity index (χ0) is 15.2. The van der Waals surface area contributed by atoms with Crippen LogP contribution in [-0.4, -0.2) is 19.3 Å². The summed E-state index contributed by atoms with van der Waals surface area (Å²) in [4.78, 5) is 0. The second-order valence-corrected chi connectivity index (χ2v) is 6.40. The van der Waals surface area contributed by atoms with E-state index in [2.05, 4.69) is 55.0 Å². The first-order valence-electron chi connectivity index (χ1n) is 7.17. The standard InChI is InChI=1S/C16H26BrNO2/c1-6-8-20-15-13(17)9-12(10-14(15)19-5)11-18-16(3,4)7-2/h9-10,18H,6-8,11H2,1-5H3. The smallest absolute Gasteiger partial charge is 0.175 e. The number of hydrogen-bond acceptors (Lipinski definition) is 3. The van der Waals surface area contributed by atoms with Crippen molar-refractivity contribution in [1.29, 1.82) is 0 Å². The Hall–Kier alpha value is -0.740. The number of hydrogen-bond donors (Lipinski definition) is 1. The Kier molecular flexibility index (Phi) is 6.83. The van der Waals surface area contributed by atoms with Crippen molar-refractivity contribution in [1.82, 2.24) is 5.32 Å². The second kappa shape index (κ2) is 7.89. The molecule has 0 bridgehead atoms. The molecule has 0 aliphatic heterocycles. The Balaban J connectivity index is 2.87. The van der Waals surface area contributed by atoms with Crippen molar-refractivity contribution in [2.75, 3.05) is 13.7 Å². The van der Waals surface area contributed by atoms with Gasteiger partial charge in [0.15, 0.2) is 11.5 Å². The van der Waals surface area contributed by atoms with E-state index in [1.807, 2.05) is 6.07 Å². The van der Waals surface area contributed by atoms with Gasteiger partial charge in [0.05, 0.1) is 18.2 Å². The molecular weight excluding hydrogens is 318 g/mol. The average Bonchev–Trinajstić information content (AvgIpc) is 2.43. The predicted octanol–water partition coefficient (Wildman–Crippen LogP) is 4.52. The molecule has 0 atom stereocenters. The van der Waals surface area contributed by atoms with Crippen LogP contribution in [0.1, 0.15) is 46.1 Å². The molecule has 0 fully saturated rings. The monoisotopic (exact) mass is 343 g/mol. The molecule has 1 aromatic rings. The third kappa shape index (κ3) is 4.98. The Morgan fingerprint density at radius 3 is 2.50 bits per heavy atom. The van der Waals surface area contributed by atoms with Crippen LogP contribution >= 0.6 is 15.9 Å². The van der Waals surface area contributed by atoms with Crippen LogP contribution in [0.4, 0.5) is 0 Å². The van der Waals surface area contributed by atoms with Crippen LogP contribution < -0.4 is 14.8 Å². The summed E-state index contributed by atoms with van der Waals surface area (Å²) >= 11 is 3.57. The van der Waals surface area contributed by atoms with Crippen molar-refractivity contribution in [3.63, 3.8) is 0 Å². The molecule has 0 saturated heterocycles. The summed E-state index contributed by atoms with van der Waals surface area (Å²) < 4.78 is 12.1. The van der Waals surface area contributed by atoms with E-state index in [-0.39, 0.29) is 5.54 Å². The third-order valence-corrected chi connectivity index (χ3v) is 3.98. The van der Waals surface area contributed by atoms with Gasteiger partial charge >= 0.3 is 0 Å². The van der Waals surface area contributed by atoms with Crippen molar-refractivity contribution in [3.8, 4) is 11.5 Å². The van der Waals surface area contributed by atoms with E-state index in [9.17, 15) is 0 Å². The molecule has 0 radical (unpaired) electrons. The van der Waals surface area contributed by atoms with Gasteiger partial charge in [-0.2, -0.15) is 0 Å². The summed E-state index contributed by atoms with van der Waals surface area (Å²) in [5.41, 5.74) is 1.32. The summed E-state index contributed by atoms with van der Waals surface area (Å²) in [5.74, 6) is 1.56. The first-order valence-corrected chi connectivity index (χ1v) is 7.97. The Morgan fingerprint density at radius 1 is 1.25 bits per heavy atom. The molecule has 1 rings (SSSR count). The molecule has 3 nitrogen and oxygen atoms in total. The number of rotatable bonds is 8. The number of methoxy groups -OCH3 is 1. The molecule has 20 heavy (non-hydrogen) atoms. The van der Waals surface area contributed by atoms with E-state index in [0.717, 1.165) is 35.4 Å². The summed E-state index contributed by atoms with van der Waals surface area (Å²) in [7, 11) is 1.67. The maximum atomic E-state index is 5.74. The van der Waals surface area contributed by atoms with Gasteiger partial charge in [-0.15, -0.1) is 0 Å².